The van der Waals surface area contributed by atoms with Crippen molar-refractivity contribution in [1.29, 1.82) is 0 Å². The number of benzene rings is 5. The summed E-state index contributed by atoms with van der Waals surface area (Å²) in [6, 6.07) is 22.5. The van der Waals surface area contributed by atoms with E-state index in [2.05, 4.69) is 67.6 Å². The summed E-state index contributed by atoms with van der Waals surface area (Å²) in [4.78, 5) is 0. The first-order valence-corrected chi connectivity index (χ1v) is 12.1. The van der Waals surface area contributed by atoms with Crippen molar-refractivity contribution in [2.75, 3.05) is 5.73 Å². The molecule has 0 aliphatic rings. The second-order valence-electron chi connectivity index (χ2n) is 9.24. The third-order valence-corrected chi connectivity index (χ3v) is 6.94. The van der Waals surface area contributed by atoms with E-state index in [-0.39, 0.29) is 0 Å². The predicted molar refractivity (Wildman–Crippen MR) is 138 cm³/mol. The van der Waals surface area contributed by atoms with Crippen LogP contribution >= 0.6 is 0 Å². The number of hydrogen-bond donors (Lipinski definition) is 1. The maximum atomic E-state index is 6.36. The molecule has 5 rings (SSSR count). The third kappa shape index (κ3) is 3.83. The van der Waals surface area contributed by atoms with Crippen LogP contribution in [0.25, 0.3) is 43.1 Å². The molecule has 0 unspecified atom stereocenters. The van der Waals surface area contributed by atoms with Crippen LogP contribution in [0, 0.1) is 0 Å². The van der Waals surface area contributed by atoms with Gasteiger partial charge >= 0.3 is 0 Å². The molecule has 0 aliphatic carbocycles. The van der Waals surface area contributed by atoms with E-state index >= 15 is 0 Å². The minimum absolute atomic E-state index is 0.856. The van der Waals surface area contributed by atoms with Gasteiger partial charge in [-0.3, -0.25) is 0 Å². The molecular weight excluding hydrogens is 374 g/mol. The van der Waals surface area contributed by atoms with Crippen molar-refractivity contribution in [2.24, 2.45) is 0 Å². The number of nitrogen functional groups attached to an aromatic ring is 1. The molecule has 0 saturated heterocycles. The Morgan fingerprint density at radius 1 is 0.581 bits per heavy atom. The van der Waals surface area contributed by atoms with Crippen molar-refractivity contribution < 1.29 is 0 Å². The topological polar surface area (TPSA) is 26.0 Å². The highest BCUT2D eigenvalue weighted by Crippen LogP contribution is 2.41. The molecule has 0 atom stereocenters. The van der Waals surface area contributed by atoms with E-state index in [4.69, 9.17) is 5.73 Å². The van der Waals surface area contributed by atoms with Crippen LogP contribution in [0.1, 0.15) is 63.9 Å². The molecule has 0 saturated carbocycles. The molecule has 0 radical (unpaired) electrons. The SMILES string of the molecule is CCCCCCCCCCc1cc2cc(N)cc3c4cccc5cccc(c(c1)c23)c54. The van der Waals surface area contributed by atoms with Crippen LogP contribution in [0.3, 0.4) is 0 Å². The molecule has 0 spiro atoms. The highest BCUT2D eigenvalue weighted by Gasteiger charge is 2.14. The van der Waals surface area contributed by atoms with Gasteiger partial charge in [-0.15, -0.1) is 0 Å². The summed E-state index contributed by atoms with van der Waals surface area (Å²) < 4.78 is 0. The van der Waals surface area contributed by atoms with Gasteiger partial charge in [-0.1, -0.05) is 100 Å². The average Bonchev–Trinajstić information content (AvgIpc) is 2.78. The maximum absolute atomic E-state index is 6.36. The molecule has 0 heterocycles. The lowest BCUT2D eigenvalue weighted by atomic mass is 9.88. The van der Waals surface area contributed by atoms with E-state index in [1.807, 2.05) is 0 Å². The van der Waals surface area contributed by atoms with Crippen molar-refractivity contribution in [3.8, 4) is 0 Å². The lowest BCUT2D eigenvalue weighted by molar-refractivity contribution is 0.575. The van der Waals surface area contributed by atoms with E-state index in [1.165, 1.54) is 100 Å². The Balaban J connectivity index is 1.50. The molecule has 5 aromatic carbocycles. The highest BCUT2D eigenvalue weighted by atomic mass is 14.5. The van der Waals surface area contributed by atoms with Gasteiger partial charge in [-0.2, -0.15) is 0 Å². The number of unbranched alkanes of at least 4 members (excludes halogenated alkanes) is 7. The first-order chi connectivity index (χ1) is 15.3. The molecule has 0 aliphatic heterocycles. The van der Waals surface area contributed by atoms with Crippen molar-refractivity contribution in [2.45, 2.75) is 64.7 Å². The molecule has 0 aromatic heterocycles. The summed E-state index contributed by atoms with van der Waals surface area (Å²) in [5.41, 5.74) is 8.66. The van der Waals surface area contributed by atoms with Gasteiger partial charge in [0.15, 0.2) is 0 Å². The minimum Gasteiger partial charge on any atom is -0.399 e. The second-order valence-corrected chi connectivity index (χ2v) is 9.24. The summed E-state index contributed by atoms with van der Waals surface area (Å²) in [6.45, 7) is 2.28. The van der Waals surface area contributed by atoms with E-state index < -0.39 is 0 Å². The average molecular weight is 408 g/mol. The first kappa shape index (κ1) is 20.1. The quantitative estimate of drug-likeness (QED) is 0.112. The number of rotatable bonds is 9. The van der Waals surface area contributed by atoms with Gasteiger partial charge < -0.3 is 5.73 Å². The van der Waals surface area contributed by atoms with Crippen LogP contribution in [0.2, 0.25) is 0 Å². The lowest BCUT2D eigenvalue weighted by Gasteiger charge is -2.16. The zero-order chi connectivity index (χ0) is 21.2. The first-order valence-electron chi connectivity index (χ1n) is 12.1. The molecule has 1 heteroatoms. The molecular formula is C30H33N. The maximum Gasteiger partial charge on any atom is 0.0326 e. The normalized spacial score (nSPS) is 12.0. The second kappa shape index (κ2) is 8.75. The molecule has 0 fully saturated rings. The van der Waals surface area contributed by atoms with Crippen LogP contribution in [0.4, 0.5) is 5.69 Å². The molecule has 0 amide bonds. The highest BCUT2D eigenvalue weighted by molar-refractivity contribution is 6.33. The van der Waals surface area contributed by atoms with Crippen LogP contribution in [-0.4, -0.2) is 0 Å². The van der Waals surface area contributed by atoms with Crippen molar-refractivity contribution >= 4 is 48.8 Å². The Kier molecular flexibility index (Phi) is 5.68. The van der Waals surface area contributed by atoms with Gasteiger partial charge in [0.05, 0.1) is 0 Å². The Labute approximate surface area is 185 Å². The van der Waals surface area contributed by atoms with Gasteiger partial charge in [-0.05, 0) is 73.6 Å². The van der Waals surface area contributed by atoms with Crippen LogP contribution in [0.15, 0.2) is 60.7 Å². The van der Waals surface area contributed by atoms with Crippen LogP contribution in [0.5, 0.6) is 0 Å². The fourth-order valence-electron chi connectivity index (χ4n) is 5.42. The van der Waals surface area contributed by atoms with Gasteiger partial charge in [0.25, 0.3) is 0 Å². The van der Waals surface area contributed by atoms with Crippen molar-refractivity contribution in [3.05, 3.63) is 66.2 Å². The van der Waals surface area contributed by atoms with Gasteiger partial charge in [-0.25, -0.2) is 0 Å². The Morgan fingerprint density at radius 3 is 1.90 bits per heavy atom. The predicted octanol–water partition coefficient (Wildman–Crippen LogP) is 9.00. The largest absolute Gasteiger partial charge is 0.399 e. The molecule has 2 N–H and O–H groups in total. The van der Waals surface area contributed by atoms with E-state index in [0.29, 0.717) is 0 Å². The fraction of sp³-hybridized carbons (Fsp3) is 0.333. The van der Waals surface area contributed by atoms with Crippen molar-refractivity contribution in [3.63, 3.8) is 0 Å². The summed E-state index contributed by atoms with van der Waals surface area (Å²) >= 11 is 0. The fourth-order valence-corrected chi connectivity index (χ4v) is 5.42. The molecule has 0 bridgehead atoms. The monoisotopic (exact) mass is 407 g/mol. The minimum atomic E-state index is 0.856. The van der Waals surface area contributed by atoms with Gasteiger partial charge in [0, 0.05) is 5.69 Å². The van der Waals surface area contributed by atoms with E-state index in [1.54, 1.807) is 0 Å². The van der Waals surface area contributed by atoms with E-state index in [9.17, 15) is 0 Å². The third-order valence-electron chi connectivity index (χ3n) is 6.94. The standard InChI is InChI=1S/C30H33N/c1-2-3-4-5-6-7-8-9-12-21-17-23-19-24(31)20-28-26-16-11-14-22-13-10-15-25(29(22)26)27(18-21)30(23)28/h10-11,13-20H,2-9,12,31H2,1H3. The summed E-state index contributed by atoms with van der Waals surface area (Å²) in [5.74, 6) is 0. The Bertz CT molecular complexity index is 1330. The smallest absolute Gasteiger partial charge is 0.0326 e. The van der Waals surface area contributed by atoms with Crippen LogP contribution in [-0.2, 0) is 6.42 Å². The zero-order valence-electron chi connectivity index (χ0n) is 18.7. The summed E-state index contributed by atoms with van der Waals surface area (Å²) in [7, 11) is 0. The molecule has 158 valence electrons. The van der Waals surface area contributed by atoms with Crippen LogP contribution < -0.4 is 5.73 Å². The number of nitrogens with two attached hydrogens (primary N) is 1. The Morgan fingerprint density at radius 2 is 1.19 bits per heavy atom. The van der Waals surface area contributed by atoms with Crippen molar-refractivity contribution in [1.82, 2.24) is 0 Å². The number of anilines is 1. The summed E-state index contributed by atoms with van der Waals surface area (Å²) in [5, 5.41) is 10.7. The van der Waals surface area contributed by atoms with Gasteiger partial charge in [0.1, 0.15) is 0 Å². The number of aryl methyl sites for hydroxylation is 1. The number of hydrogen-bond acceptors (Lipinski definition) is 1. The van der Waals surface area contributed by atoms with E-state index in [0.717, 1.165) is 12.1 Å². The molecule has 31 heavy (non-hydrogen) atoms. The lowest BCUT2D eigenvalue weighted by Crippen LogP contribution is -1.93. The summed E-state index contributed by atoms with van der Waals surface area (Å²) in [6.07, 6.45) is 12.0. The zero-order valence-corrected chi connectivity index (χ0v) is 18.7. The molecule has 5 aromatic rings. The Hall–Kier alpha value is -2.80. The molecule has 1 nitrogen and oxygen atoms in total. The number of fused-ring (bicyclic) bond motifs is 2. The van der Waals surface area contributed by atoms with Gasteiger partial charge in [0.2, 0.25) is 0 Å².